The molecule has 114 valence electrons. The van der Waals surface area contributed by atoms with Crippen LogP contribution in [0, 0.1) is 0 Å². The highest BCUT2D eigenvalue weighted by molar-refractivity contribution is 8.00. The van der Waals surface area contributed by atoms with Gasteiger partial charge in [-0.15, -0.1) is 11.8 Å². The van der Waals surface area contributed by atoms with Gasteiger partial charge >= 0.3 is 6.03 Å². The number of anilines is 1. The van der Waals surface area contributed by atoms with Crippen molar-refractivity contribution >= 4 is 35.3 Å². The average molecular weight is 309 g/mol. The molecule has 0 bridgehead atoms. The lowest BCUT2D eigenvalue weighted by atomic mass is 10.3. The summed E-state index contributed by atoms with van der Waals surface area (Å²) in [6.07, 6.45) is 0.816. The Morgan fingerprint density at radius 3 is 2.38 bits per heavy atom. The van der Waals surface area contributed by atoms with E-state index < -0.39 is 6.03 Å². The van der Waals surface area contributed by atoms with Crippen LogP contribution in [0.4, 0.5) is 10.5 Å². The number of benzene rings is 1. The van der Waals surface area contributed by atoms with Gasteiger partial charge in [-0.3, -0.25) is 14.9 Å². The van der Waals surface area contributed by atoms with Gasteiger partial charge in [-0.2, -0.15) is 0 Å². The van der Waals surface area contributed by atoms with Crippen LogP contribution in [-0.2, 0) is 9.59 Å². The van der Waals surface area contributed by atoms with Gasteiger partial charge < -0.3 is 10.6 Å². The van der Waals surface area contributed by atoms with Gasteiger partial charge in [0.05, 0.1) is 5.75 Å². The molecule has 0 spiro atoms. The number of nitrogens with one attached hydrogen (secondary N) is 3. The Morgan fingerprint density at radius 2 is 1.81 bits per heavy atom. The van der Waals surface area contributed by atoms with Crippen molar-refractivity contribution in [3.8, 4) is 0 Å². The Hall–Kier alpha value is -2.02. The normalized spacial score (nSPS) is 9.81. The second-order valence-corrected chi connectivity index (χ2v) is 5.35. The Kier molecular flexibility index (Phi) is 7.31. The van der Waals surface area contributed by atoms with Crippen molar-refractivity contribution in [1.29, 1.82) is 0 Å². The van der Waals surface area contributed by atoms with Gasteiger partial charge in [0.25, 0.3) is 0 Å². The van der Waals surface area contributed by atoms with Crippen LogP contribution in [-0.4, -0.2) is 30.1 Å². The third-order valence-corrected chi connectivity index (χ3v) is 3.35. The van der Waals surface area contributed by atoms with Crippen molar-refractivity contribution < 1.29 is 14.4 Å². The minimum atomic E-state index is -0.469. The average Bonchev–Trinajstić information content (AvgIpc) is 2.44. The molecule has 1 rings (SSSR count). The lowest BCUT2D eigenvalue weighted by Crippen LogP contribution is -2.40. The molecule has 0 radical (unpaired) electrons. The van der Waals surface area contributed by atoms with E-state index in [4.69, 9.17) is 0 Å². The van der Waals surface area contributed by atoms with Gasteiger partial charge in [-0.25, -0.2) is 4.79 Å². The van der Waals surface area contributed by atoms with E-state index >= 15 is 0 Å². The molecule has 0 unspecified atom stereocenters. The highest BCUT2D eigenvalue weighted by Gasteiger charge is 2.07. The van der Waals surface area contributed by atoms with E-state index in [0.29, 0.717) is 12.2 Å². The highest BCUT2D eigenvalue weighted by Crippen LogP contribution is 2.20. The van der Waals surface area contributed by atoms with E-state index in [2.05, 4.69) is 16.0 Å². The molecule has 7 heteroatoms. The SMILES string of the molecule is CCCNC(=O)NC(=O)CSc1ccc(NC(C)=O)cc1. The summed E-state index contributed by atoms with van der Waals surface area (Å²) in [6.45, 7) is 3.91. The number of urea groups is 1. The molecule has 0 fully saturated rings. The van der Waals surface area contributed by atoms with Crippen molar-refractivity contribution in [3.63, 3.8) is 0 Å². The van der Waals surface area contributed by atoms with Crippen LogP contribution in [0.15, 0.2) is 29.2 Å². The second kappa shape index (κ2) is 9.02. The van der Waals surface area contributed by atoms with E-state index in [-0.39, 0.29) is 17.6 Å². The standard InChI is InChI=1S/C14H19N3O3S/c1-3-8-15-14(20)17-13(19)9-21-12-6-4-11(5-7-12)16-10(2)18/h4-7H,3,8-9H2,1-2H3,(H,16,18)(H2,15,17,19,20). The maximum atomic E-state index is 11.6. The van der Waals surface area contributed by atoms with Crippen LogP contribution in [0.2, 0.25) is 0 Å². The second-order valence-electron chi connectivity index (χ2n) is 4.30. The fourth-order valence-electron chi connectivity index (χ4n) is 1.43. The van der Waals surface area contributed by atoms with Crippen molar-refractivity contribution in [1.82, 2.24) is 10.6 Å². The van der Waals surface area contributed by atoms with Gasteiger partial charge in [-0.05, 0) is 30.7 Å². The van der Waals surface area contributed by atoms with E-state index in [1.54, 1.807) is 24.3 Å². The molecular weight excluding hydrogens is 290 g/mol. The molecular formula is C14H19N3O3S. The predicted molar refractivity (Wildman–Crippen MR) is 83.3 cm³/mol. The molecule has 1 aromatic rings. The number of imide groups is 1. The van der Waals surface area contributed by atoms with E-state index in [9.17, 15) is 14.4 Å². The molecule has 6 nitrogen and oxygen atoms in total. The molecule has 3 N–H and O–H groups in total. The first kappa shape index (κ1) is 17.0. The van der Waals surface area contributed by atoms with Gasteiger partial charge in [0.1, 0.15) is 0 Å². The number of hydrogen-bond donors (Lipinski definition) is 3. The summed E-state index contributed by atoms with van der Waals surface area (Å²) >= 11 is 1.32. The summed E-state index contributed by atoms with van der Waals surface area (Å²) in [7, 11) is 0. The van der Waals surface area contributed by atoms with Crippen molar-refractivity contribution in [2.45, 2.75) is 25.2 Å². The zero-order valence-corrected chi connectivity index (χ0v) is 12.9. The van der Waals surface area contributed by atoms with Crippen molar-refractivity contribution in [2.75, 3.05) is 17.6 Å². The smallest absolute Gasteiger partial charge is 0.321 e. The fourth-order valence-corrected chi connectivity index (χ4v) is 2.13. The third-order valence-electron chi connectivity index (χ3n) is 2.33. The van der Waals surface area contributed by atoms with Crippen LogP contribution in [0.3, 0.4) is 0 Å². The fraction of sp³-hybridized carbons (Fsp3) is 0.357. The first-order valence-electron chi connectivity index (χ1n) is 6.59. The predicted octanol–water partition coefficient (Wildman–Crippen LogP) is 1.97. The molecule has 0 aliphatic carbocycles. The monoisotopic (exact) mass is 309 g/mol. The summed E-state index contributed by atoms with van der Waals surface area (Å²) in [6, 6.07) is 6.66. The van der Waals surface area contributed by atoms with E-state index in [1.165, 1.54) is 18.7 Å². The van der Waals surface area contributed by atoms with Crippen LogP contribution in [0.25, 0.3) is 0 Å². The minimum Gasteiger partial charge on any atom is -0.338 e. The quantitative estimate of drug-likeness (QED) is 0.701. The summed E-state index contributed by atoms with van der Waals surface area (Å²) in [5.74, 6) is -0.327. The molecule has 0 aliphatic heterocycles. The third kappa shape index (κ3) is 7.36. The van der Waals surface area contributed by atoms with E-state index in [1.807, 2.05) is 6.92 Å². The number of carbonyl (C=O) groups excluding carboxylic acids is 3. The van der Waals surface area contributed by atoms with Crippen molar-refractivity contribution in [3.05, 3.63) is 24.3 Å². The zero-order chi connectivity index (χ0) is 15.7. The van der Waals surface area contributed by atoms with Crippen LogP contribution < -0.4 is 16.0 Å². The first-order valence-corrected chi connectivity index (χ1v) is 7.58. The Balaban J connectivity index is 2.35. The Morgan fingerprint density at radius 1 is 1.14 bits per heavy atom. The van der Waals surface area contributed by atoms with Gasteiger partial charge in [0, 0.05) is 24.1 Å². The molecule has 0 heterocycles. The number of thioether (sulfide) groups is 1. The molecule has 0 saturated heterocycles. The van der Waals surface area contributed by atoms with Gasteiger partial charge in [0.15, 0.2) is 0 Å². The topological polar surface area (TPSA) is 87.3 Å². The summed E-state index contributed by atoms with van der Waals surface area (Å²) in [4.78, 5) is 34.6. The zero-order valence-electron chi connectivity index (χ0n) is 12.1. The van der Waals surface area contributed by atoms with Crippen LogP contribution in [0.1, 0.15) is 20.3 Å². The Bertz CT molecular complexity index is 503. The molecule has 0 saturated carbocycles. The maximum Gasteiger partial charge on any atom is 0.321 e. The first-order chi connectivity index (χ1) is 10.0. The molecule has 21 heavy (non-hydrogen) atoms. The van der Waals surface area contributed by atoms with Crippen LogP contribution in [0.5, 0.6) is 0 Å². The number of carbonyl (C=O) groups is 3. The summed E-state index contributed by atoms with van der Waals surface area (Å²) < 4.78 is 0. The number of amides is 4. The minimum absolute atomic E-state index is 0.132. The molecule has 1 aromatic carbocycles. The maximum absolute atomic E-state index is 11.6. The number of rotatable bonds is 6. The highest BCUT2D eigenvalue weighted by atomic mass is 32.2. The van der Waals surface area contributed by atoms with E-state index in [0.717, 1.165) is 11.3 Å². The van der Waals surface area contributed by atoms with Crippen LogP contribution >= 0.6 is 11.8 Å². The summed E-state index contributed by atoms with van der Waals surface area (Å²) in [5.41, 5.74) is 0.704. The van der Waals surface area contributed by atoms with Gasteiger partial charge in [0.2, 0.25) is 11.8 Å². The lowest BCUT2D eigenvalue weighted by Gasteiger charge is -2.06. The number of hydrogen-bond acceptors (Lipinski definition) is 4. The molecule has 0 atom stereocenters. The van der Waals surface area contributed by atoms with Gasteiger partial charge in [-0.1, -0.05) is 6.92 Å². The van der Waals surface area contributed by atoms with Crippen molar-refractivity contribution in [2.24, 2.45) is 0 Å². The molecule has 0 aromatic heterocycles. The summed E-state index contributed by atoms with van der Waals surface area (Å²) in [5, 5.41) is 7.48. The largest absolute Gasteiger partial charge is 0.338 e. The molecule has 4 amide bonds. The lowest BCUT2D eigenvalue weighted by molar-refractivity contribution is -0.117. The molecule has 0 aliphatic rings. The Labute approximate surface area is 128 Å².